The van der Waals surface area contributed by atoms with Crippen molar-refractivity contribution in [2.45, 2.75) is 45.6 Å². The first-order valence-electron chi connectivity index (χ1n) is 9.60. The molecule has 3 aromatic rings. The standard InChI is InChI=1S/C20H24N6O2/c1-13(2)26-11-16(9-23-26)20(27)25-6-4-15(5-7-25)19-17(10-21-12-22-19)18-8-14(3)24-28-18/h8-13,15H,4-7H2,1-3H3. The van der Waals surface area contributed by atoms with Gasteiger partial charge in [-0.05, 0) is 33.6 Å². The highest BCUT2D eigenvalue weighted by Crippen LogP contribution is 2.34. The van der Waals surface area contributed by atoms with Crippen LogP contribution in [0.5, 0.6) is 0 Å². The molecule has 0 atom stereocenters. The monoisotopic (exact) mass is 380 g/mol. The number of hydrogen-bond donors (Lipinski definition) is 0. The van der Waals surface area contributed by atoms with Crippen LogP contribution in [0.2, 0.25) is 0 Å². The lowest BCUT2D eigenvalue weighted by atomic mass is 9.90. The van der Waals surface area contributed by atoms with Crippen LogP contribution in [0.15, 0.2) is 35.5 Å². The maximum Gasteiger partial charge on any atom is 0.257 e. The molecular formula is C20H24N6O2. The van der Waals surface area contributed by atoms with E-state index in [9.17, 15) is 4.79 Å². The number of nitrogens with zero attached hydrogens (tertiary/aromatic N) is 6. The molecule has 146 valence electrons. The summed E-state index contributed by atoms with van der Waals surface area (Å²) in [6, 6.07) is 2.14. The fourth-order valence-electron chi connectivity index (χ4n) is 3.61. The van der Waals surface area contributed by atoms with Crippen LogP contribution in [-0.2, 0) is 0 Å². The molecule has 0 bridgehead atoms. The zero-order valence-corrected chi connectivity index (χ0v) is 16.4. The van der Waals surface area contributed by atoms with Gasteiger partial charge in [-0.3, -0.25) is 9.48 Å². The summed E-state index contributed by atoms with van der Waals surface area (Å²) in [6.07, 6.45) is 8.53. The van der Waals surface area contributed by atoms with E-state index in [1.54, 1.807) is 18.7 Å². The van der Waals surface area contributed by atoms with Gasteiger partial charge in [0, 0.05) is 43.5 Å². The molecule has 1 fully saturated rings. The van der Waals surface area contributed by atoms with E-state index in [0.717, 1.165) is 29.8 Å². The molecule has 0 saturated carbocycles. The number of aromatic nitrogens is 5. The average Bonchev–Trinajstić information content (AvgIpc) is 3.37. The second-order valence-corrected chi connectivity index (χ2v) is 7.52. The number of likely N-dealkylation sites (tertiary alicyclic amines) is 1. The van der Waals surface area contributed by atoms with Gasteiger partial charge in [-0.1, -0.05) is 5.16 Å². The van der Waals surface area contributed by atoms with Crippen LogP contribution in [0.1, 0.15) is 60.4 Å². The Bertz CT molecular complexity index is 968. The fraction of sp³-hybridized carbons (Fsp3) is 0.450. The maximum atomic E-state index is 12.8. The summed E-state index contributed by atoms with van der Waals surface area (Å²) >= 11 is 0. The first-order chi connectivity index (χ1) is 13.5. The lowest BCUT2D eigenvalue weighted by Crippen LogP contribution is -2.38. The molecule has 8 nitrogen and oxygen atoms in total. The van der Waals surface area contributed by atoms with Crippen LogP contribution in [0.4, 0.5) is 0 Å². The largest absolute Gasteiger partial charge is 0.356 e. The summed E-state index contributed by atoms with van der Waals surface area (Å²) < 4.78 is 7.23. The third kappa shape index (κ3) is 3.54. The molecule has 1 aliphatic rings. The van der Waals surface area contributed by atoms with E-state index >= 15 is 0 Å². The first kappa shape index (κ1) is 18.3. The molecule has 4 heterocycles. The molecule has 1 aliphatic heterocycles. The molecule has 0 aromatic carbocycles. The van der Waals surface area contributed by atoms with Gasteiger partial charge in [0.25, 0.3) is 5.91 Å². The molecule has 0 spiro atoms. The minimum Gasteiger partial charge on any atom is -0.356 e. The Morgan fingerprint density at radius 1 is 1.25 bits per heavy atom. The molecule has 8 heteroatoms. The number of carbonyl (C=O) groups excluding carboxylic acids is 1. The van der Waals surface area contributed by atoms with Gasteiger partial charge in [0.2, 0.25) is 0 Å². The smallest absolute Gasteiger partial charge is 0.257 e. The predicted octanol–water partition coefficient (Wildman–Crippen LogP) is 3.24. The van der Waals surface area contributed by atoms with Crippen LogP contribution >= 0.6 is 0 Å². The van der Waals surface area contributed by atoms with Crippen molar-refractivity contribution in [3.8, 4) is 11.3 Å². The zero-order valence-electron chi connectivity index (χ0n) is 16.4. The van der Waals surface area contributed by atoms with Crippen LogP contribution in [0.3, 0.4) is 0 Å². The third-order valence-corrected chi connectivity index (χ3v) is 5.18. The number of piperidine rings is 1. The van der Waals surface area contributed by atoms with E-state index < -0.39 is 0 Å². The van der Waals surface area contributed by atoms with Gasteiger partial charge in [-0.25, -0.2) is 9.97 Å². The van der Waals surface area contributed by atoms with Crippen molar-refractivity contribution in [1.82, 2.24) is 29.8 Å². The summed E-state index contributed by atoms with van der Waals surface area (Å²) in [5, 5.41) is 8.25. The highest BCUT2D eigenvalue weighted by molar-refractivity contribution is 5.93. The lowest BCUT2D eigenvalue weighted by Gasteiger charge is -2.32. The Balaban J connectivity index is 1.47. The van der Waals surface area contributed by atoms with Crippen molar-refractivity contribution in [3.05, 3.63) is 47.9 Å². The van der Waals surface area contributed by atoms with Gasteiger partial charge < -0.3 is 9.42 Å². The second kappa shape index (κ2) is 7.53. The molecule has 0 unspecified atom stereocenters. The second-order valence-electron chi connectivity index (χ2n) is 7.52. The molecule has 1 saturated heterocycles. The summed E-state index contributed by atoms with van der Waals surface area (Å²) in [4.78, 5) is 23.4. The SMILES string of the molecule is Cc1cc(-c2cncnc2C2CCN(C(=O)c3cnn(C(C)C)c3)CC2)on1. The Morgan fingerprint density at radius 3 is 2.68 bits per heavy atom. The van der Waals surface area contributed by atoms with Crippen molar-refractivity contribution >= 4 is 5.91 Å². The highest BCUT2D eigenvalue weighted by Gasteiger charge is 2.28. The number of carbonyl (C=O) groups is 1. The van der Waals surface area contributed by atoms with Gasteiger partial charge in [-0.15, -0.1) is 0 Å². The van der Waals surface area contributed by atoms with Crippen molar-refractivity contribution < 1.29 is 9.32 Å². The van der Waals surface area contributed by atoms with Crippen molar-refractivity contribution in [2.24, 2.45) is 0 Å². The van der Waals surface area contributed by atoms with E-state index in [2.05, 4.69) is 20.2 Å². The van der Waals surface area contributed by atoms with Crippen molar-refractivity contribution in [2.75, 3.05) is 13.1 Å². The zero-order chi connectivity index (χ0) is 19.7. The number of rotatable bonds is 4. The summed E-state index contributed by atoms with van der Waals surface area (Å²) in [5.41, 5.74) is 3.32. The molecule has 0 aliphatic carbocycles. The van der Waals surface area contributed by atoms with E-state index in [0.29, 0.717) is 24.4 Å². The summed E-state index contributed by atoms with van der Waals surface area (Å²) in [7, 11) is 0. The molecule has 1 amide bonds. The fourth-order valence-corrected chi connectivity index (χ4v) is 3.61. The lowest BCUT2D eigenvalue weighted by molar-refractivity contribution is 0.0712. The highest BCUT2D eigenvalue weighted by atomic mass is 16.5. The minimum atomic E-state index is 0.0409. The molecule has 3 aromatic heterocycles. The Kier molecular flexibility index (Phi) is 4.93. The number of aryl methyl sites for hydroxylation is 1. The quantitative estimate of drug-likeness (QED) is 0.690. The molecule has 28 heavy (non-hydrogen) atoms. The van der Waals surface area contributed by atoms with Crippen LogP contribution < -0.4 is 0 Å². The minimum absolute atomic E-state index is 0.0409. The Labute approximate surface area is 163 Å². The molecule has 0 N–H and O–H groups in total. The normalized spacial score (nSPS) is 15.4. The van der Waals surface area contributed by atoms with Crippen molar-refractivity contribution in [3.63, 3.8) is 0 Å². The van der Waals surface area contributed by atoms with Crippen molar-refractivity contribution in [1.29, 1.82) is 0 Å². The van der Waals surface area contributed by atoms with Crippen LogP contribution in [0, 0.1) is 6.92 Å². The molecule has 4 rings (SSSR count). The first-order valence-corrected chi connectivity index (χ1v) is 9.60. The van der Waals surface area contributed by atoms with Crippen LogP contribution in [0.25, 0.3) is 11.3 Å². The number of amides is 1. The number of hydrogen-bond acceptors (Lipinski definition) is 6. The topological polar surface area (TPSA) is 89.9 Å². The van der Waals surface area contributed by atoms with Gasteiger partial charge in [0.15, 0.2) is 5.76 Å². The van der Waals surface area contributed by atoms with Gasteiger partial charge in [0.05, 0.1) is 28.7 Å². The van der Waals surface area contributed by atoms with Gasteiger partial charge in [-0.2, -0.15) is 5.10 Å². The van der Waals surface area contributed by atoms with E-state index in [1.165, 1.54) is 0 Å². The van der Waals surface area contributed by atoms with E-state index in [-0.39, 0.29) is 17.9 Å². The van der Waals surface area contributed by atoms with Gasteiger partial charge in [0.1, 0.15) is 6.33 Å². The maximum absolute atomic E-state index is 12.8. The summed E-state index contributed by atoms with van der Waals surface area (Å²) in [5.74, 6) is 0.984. The van der Waals surface area contributed by atoms with Crippen LogP contribution in [-0.4, -0.2) is 48.8 Å². The van der Waals surface area contributed by atoms with E-state index in [1.807, 2.05) is 42.6 Å². The Hall–Kier alpha value is -3.03. The third-order valence-electron chi connectivity index (χ3n) is 5.18. The predicted molar refractivity (Wildman–Crippen MR) is 103 cm³/mol. The van der Waals surface area contributed by atoms with E-state index in [4.69, 9.17) is 4.52 Å². The van der Waals surface area contributed by atoms with Gasteiger partial charge >= 0.3 is 0 Å². The average molecular weight is 380 g/mol. The molecule has 0 radical (unpaired) electrons. The Morgan fingerprint density at radius 2 is 2.04 bits per heavy atom. The molecular weight excluding hydrogens is 356 g/mol. The summed E-state index contributed by atoms with van der Waals surface area (Å²) in [6.45, 7) is 7.36.